The van der Waals surface area contributed by atoms with Crippen LogP contribution in [-0.4, -0.2) is 0 Å². The topological polar surface area (TPSA) is 33.0 Å². The van der Waals surface area contributed by atoms with Gasteiger partial charge in [-0.1, -0.05) is 12.1 Å². The lowest BCUT2D eigenvalue weighted by Gasteiger charge is -2.06. The second-order valence-electron chi connectivity index (χ2n) is 3.55. The highest BCUT2D eigenvalue weighted by atomic mass is 127. The molecule has 2 aromatic rings. The summed E-state index contributed by atoms with van der Waals surface area (Å²) in [5, 5.41) is 8.79. The van der Waals surface area contributed by atoms with E-state index in [0.717, 1.165) is 11.3 Å². The summed E-state index contributed by atoms with van der Waals surface area (Å²) in [6.07, 6.45) is 0. The van der Waals surface area contributed by atoms with Crippen LogP contribution in [0.3, 0.4) is 0 Å². The number of rotatable bonds is 3. The number of halogens is 1. The van der Waals surface area contributed by atoms with Gasteiger partial charge in [-0.05, 0) is 64.6 Å². The third-order valence-electron chi connectivity index (χ3n) is 2.28. The molecule has 84 valence electrons. The van der Waals surface area contributed by atoms with E-state index in [4.69, 9.17) is 10.00 Å². The van der Waals surface area contributed by atoms with Crippen molar-refractivity contribution < 1.29 is 4.74 Å². The summed E-state index contributed by atoms with van der Waals surface area (Å²) in [4.78, 5) is 0. The van der Waals surface area contributed by atoms with Crippen molar-refractivity contribution in [2.24, 2.45) is 0 Å². The third-order valence-corrected chi connectivity index (χ3v) is 2.99. The lowest BCUT2D eigenvalue weighted by Crippen LogP contribution is -1.95. The monoisotopic (exact) mass is 335 g/mol. The first-order valence-electron chi connectivity index (χ1n) is 5.15. The Hall–Kier alpha value is -1.54. The van der Waals surface area contributed by atoms with Gasteiger partial charge in [-0.2, -0.15) is 5.26 Å². The number of nitriles is 1. The van der Waals surface area contributed by atoms with Crippen molar-refractivity contribution in [1.82, 2.24) is 0 Å². The molecule has 0 bridgehead atoms. The molecule has 0 fully saturated rings. The molecule has 0 aliphatic rings. The lowest BCUT2D eigenvalue weighted by molar-refractivity contribution is 0.306. The van der Waals surface area contributed by atoms with E-state index in [2.05, 4.69) is 28.7 Å². The minimum atomic E-state index is 0.482. The van der Waals surface area contributed by atoms with Crippen LogP contribution in [-0.2, 0) is 6.61 Å². The van der Waals surface area contributed by atoms with Gasteiger partial charge in [0.2, 0.25) is 0 Å². The molecule has 0 aromatic heterocycles. The van der Waals surface area contributed by atoms with Crippen LogP contribution in [0.2, 0.25) is 0 Å². The minimum absolute atomic E-state index is 0.482. The molecule has 0 saturated heterocycles. The summed E-state index contributed by atoms with van der Waals surface area (Å²) in [5.41, 5.74) is 1.66. The molecular weight excluding hydrogens is 325 g/mol. The number of nitrogens with zero attached hydrogens (tertiary/aromatic N) is 1. The highest BCUT2D eigenvalue weighted by molar-refractivity contribution is 14.1. The Labute approximate surface area is 114 Å². The van der Waals surface area contributed by atoms with Gasteiger partial charge in [-0.3, -0.25) is 0 Å². The largest absolute Gasteiger partial charge is 0.489 e. The second kappa shape index (κ2) is 5.69. The van der Waals surface area contributed by atoms with Gasteiger partial charge in [0.05, 0.1) is 11.6 Å². The van der Waals surface area contributed by atoms with E-state index in [0.29, 0.717) is 12.2 Å². The number of hydrogen-bond donors (Lipinski definition) is 0. The molecule has 17 heavy (non-hydrogen) atoms. The van der Waals surface area contributed by atoms with Crippen molar-refractivity contribution >= 4 is 22.6 Å². The van der Waals surface area contributed by atoms with Crippen molar-refractivity contribution in [2.75, 3.05) is 0 Å². The second-order valence-corrected chi connectivity index (χ2v) is 4.80. The summed E-state index contributed by atoms with van der Waals surface area (Å²) in [5.74, 6) is 0.841. The van der Waals surface area contributed by atoms with Gasteiger partial charge < -0.3 is 4.74 Å². The van der Waals surface area contributed by atoms with E-state index in [1.807, 2.05) is 42.5 Å². The molecule has 0 unspecified atom stereocenters. The molecule has 2 rings (SSSR count). The highest BCUT2D eigenvalue weighted by Crippen LogP contribution is 2.15. The fourth-order valence-corrected chi connectivity index (χ4v) is 1.79. The first-order chi connectivity index (χ1) is 8.28. The molecule has 0 N–H and O–H groups in total. The van der Waals surface area contributed by atoms with Gasteiger partial charge in [-0.25, -0.2) is 0 Å². The van der Waals surface area contributed by atoms with E-state index in [1.165, 1.54) is 3.57 Å². The Bertz CT molecular complexity index is 543. The molecule has 0 radical (unpaired) electrons. The van der Waals surface area contributed by atoms with E-state index in [9.17, 15) is 0 Å². The molecule has 0 spiro atoms. The molecule has 0 aliphatic carbocycles. The molecule has 2 nitrogen and oxygen atoms in total. The first-order valence-corrected chi connectivity index (χ1v) is 6.23. The van der Waals surface area contributed by atoms with Crippen molar-refractivity contribution in [3.05, 3.63) is 63.2 Å². The van der Waals surface area contributed by atoms with Crippen LogP contribution in [0.5, 0.6) is 5.75 Å². The maximum Gasteiger partial charge on any atom is 0.119 e. The Morgan fingerprint density at radius 2 is 1.88 bits per heavy atom. The van der Waals surface area contributed by atoms with Crippen LogP contribution in [0.25, 0.3) is 0 Å². The van der Waals surface area contributed by atoms with Crippen LogP contribution in [0, 0.1) is 14.9 Å². The minimum Gasteiger partial charge on any atom is -0.489 e. The van der Waals surface area contributed by atoms with Gasteiger partial charge in [0.15, 0.2) is 0 Å². The Kier molecular flexibility index (Phi) is 3.99. The third kappa shape index (κ3) is 3.46. The van der Waals surface area contributed by atoms with Crippen molar-refractivity contribution in [3.8, 4) is 11.8 Å². The van der Waals surface area contributed by atoms with E-state index < -0.39 is 0 Å². The van der Waals surface area contributed by atoms with E-state index >= 15 is 0 Å². The smallest absolute Gasteiger partial charge is 0.119 e. The summed E-state index contributed by atoms with van der Waals surface area (Å²) in [6, 6.07) is 17.4. The Balaban J connectivity index is 2.02. The quantitative estimate of drug-likeness (QED) is 0.801. The zero-order valence-corrected chi connectivity index (χ0v) is 11.2. The van der Waals surface area contributed by atoms with Gasteiger partial charge in [0.25, 0.3) is 0 Å². The van der Waals surface area contributed by atoms with Crippen molar-refractivity contribution in [1.29, 1.82) is 5.26 Å². The molecular formula is C14H10INO. The predicted molar refractivity (Wildman–Crippen MR) is 74.6 cm³/mol. The number of hydrogen-bond acceptors (Lipinski definition) is 2. The van der Waals surface area contributed by atoms with Crippen LogP contribution in [0.1, 0.15) is 11.1 Å². The molecule has 0 aliphatic heterocycles. The maximum atomic E-state index is 8.79. The fraction of sp³-hybridized carbons (Fsp3) is 0.0714. The lowest BCUT2D eigenvalue weighted by atomic mass is 10.1. The van der Waals surface area contributed by atoms with Crippen molar-refractivity contribution in [3.63, 3.8) is 0 Å². The zero-order valence-electron chi connectivity index (χ0n) is 9.06. The molecule has 0 saturated carbocycles. The number of ether oxygens (including phenoxy) is 1. The van der Waals surface area contributed by atoms with E-state index in [-0.39, 0.29) is 0 Å². The molecule has 0 atom stereocenters. The fourth-order valence-electron chi connectivity index (χ4n) is 1.43. The first kappa shape index (κ1) is 11.9. The molecule has 0 amide bonds. The normalized spacial score (nSPS) is 9.65. The van der Waals surface area contributed by atoms with Crippen LogP contribution < -0.4 is 4.74 Å². The Morgan fingerprint density at radius 3 is 2.59 bits per heavy atom. The van der Waals surface area contributed by atoms with Crippen LogP contribution >= 0.6 is 22.6 Å². The van der Waals surface area contributed by atoms with Gasteiger partial charge >= 0.3 is 0 Å². The summed E-state index contributed by atoms with van der Waals surface area (Å²) >= 11 is 2.25. The Morgan fingerprint density at radius 1 is 1.12 bits per heavy atom. The zero-order chi connectivity index (χ0) is 12.1. The molecule has 0 heterocycles. The van der Waals surface area contributed by atoms with E-state index in [1.54, 1.807) is 6.07 Å². The standard InChI is InChI=1S/C14H10INO/c15-13-4-6-14(7-5-13)17-10-12-3-1-2-11(8-12)9-16/h1-8H,10H2. The average molecular weight is 335 g/mol. The number of benzene rings is 2. The maximum absolute atomic E-state index is 8.79. The van der Waals surface area contributed by atoms with Crippen LogP contribution in [0.4, 0.5) is 0 Å². The van der Waals surface area contributed by atoms with Gasteiger partial charge in [0.1, 0.15) is 12.4 Å². The summed E-state index contributed by atoms with van der Waals surface area (Å²) in [7, 11) is 0. The van der Waals surface area contributed by atoms with Crippen molar-refractivity contribution in [2.45, 2.75) is 6.61 Å². The molecule has 3 heteroatoms. The average Bonchev–Trinajstić information content (AvgIpc) is 2.38. The highest BCUT2D eigenvalue weighted by Gasteiger charge is 1.97. The van der Waals surface area contributed by atoms with Gasteiger partial charge in [-0.15, -0.1) is 0 Å². The summed E-state index contributed by atoms with van der Waals surface area (Å²) < 4.78 is 6.82. The molecule has 2 aromatic carbocycles. The predicted octanol–water partition coefficient (Wildman–Crippen LogP) is 3.74. The van der Waals surface area contributed by atoms with Gasteiger partial charge in [0, 0.05) is 3.57 Å². The van der Waals surface area contributed by atoms with Crippen LogP contribution in [0.15, 0.2) is 48.5 Å². The summed E-state index contributed by atoms with van der Waals surface area (Å²) in [6.45, 7) is 0.482. The SMILES string of the molecule is N#Cc1cccc(COc2ccc(I)cc2)c1.